The van der Waals surface area contributed by atoms with E-state index in [-0.39, 0.29) is 12.4 Å². The van der Waals surface area contributed by atoms with E-state index in [9.17, 15) is 9.59 Å². The van der Waals surface area contributed by atoms with Gasteiger partial charge in [-0.25, -0.2) is 4.79 Å². The summed E-state index contributed by atoms with van der Waals surface area (Å²) in [7, 11) is 0. The lowest BCUT2D eigenvalue weighted by Gasteiger charge is -2.13. The molecule has 0 aliphatic carbocycles. The number of ketones is 1. The molecule has 1 atom stereocenters. The van der Waals surface area contributed by atoms with Crippen molar-refractivity contribution in [3.8, 4) is 0 Å². The number of carbonyl (C=O) groups is 2. The van der Waals surface area contributed by atoms with Gasteiger partial charge in [0.15, 0.2) is 5.78 Å². The molecule has 1 rings (SSSR count). The number of alkyl carbamates (subject to hydrolysis) is 1. The van der Waals surface area contributed by atoms with Gasteiger partial charge in [0, 0.05) is 4.43 Å². The highest BCUT2D eigenvalue weighted by molar-refractivity contribution is 14.1. The van der Waals surface area contributed by atoms with Gasteiger partial charge < -0.3 is 10.1 Å². The van der Waals surface area contributed by atoms with Crippen molar-refractivity contribution in [1.82, 2.24) is 5.32 Å². The molecule has 1 aromatic carbocycles. The summed E-state index contributed by atoms with van der Waals surface area (Å²) in [5, 5.41) is 2.52. The number of benzene rings is 1. The maximum atomic E-state index is 11.4. The molecule has 0 heterocycles. The molecule has 0 fully saturated rings. The van der Waals surface area contributed by atoms with Crippen LogP contribution in [0, 0.1) is 0 Å². The summed E-state index contributed by atoms with van der Waals surface area (Å²) in [6, 6.07) is 8.91. The number of ether oxygens (including phenoxy) is 1. The fraction of sp³-hybridized carbons (Fsp3) is 0.333. The predicted octanol–water partition coefficient (Wildman–Crippen LogP) is 2.31. The Balaban J connectivity index is 2.37. The molecule has 1 amide bonds. The number of hydrogen-bond donors (Lipinski definition) is 1. The number of hydrogen-bond acceptors (Lipinski definition) is 3. The first-order valence-corrected chi connectivity index (χ1v) is 6.69. The fourth-order valence-electron chi connectivity index (χ4n) is 1.16. The first-order valence-electron chi connectivity index (χ1n) is 5.17. The molecule has 5 heteroatoms. The molecule has 17 heavy (non-hydrogen) atoms. The lowest BCUT2D eigenvalue weighted by atomic mass is 10.2. The molecule has 1 N–H and O–H groups in total. The Hall–Kier alpha value is -1.11. The van der Waals surface area contributed by atoms with Gasteiger partial charge in [-0.15, -0.1) is 0 Å². The van der Waals surface area contributed by atoms with Crippen molar-refractivity contribution in [2.24, 2.45) is 0 Å². The van der Waals surface area contributed by atoms with Crippen LogP contribution in [0.5, 0.6) is 0 Å². The molecule has 1 aromatic rings. The summed E-state index contributed by atoms with van der Waals surface area (Å²) in [6.45, 7) is 1.65. The Labute approximate surface area is 114 Å². The normalized spacial score (nSPS) is 11.6. The highest BCUT2D eigenvalue weighted by Gasteiger charge is 2.15. The third-order valence-corrected chi connectivity index (χ3v) is 3.03. The van der Waals surface area contributed by atoms with Crippen LogP contribution in [-0.2, 0) is 16.1 Å². The van der Waals surface area contributed by atoms with Gasteiger partial charge in [0.2, 0.25) is 0 Å². The van der Waals surface area contributed by atoms with E-state index < -0.39 is 12.1 Å². The summed E-state index contributed by atoms with van der Waals surface area (Å²) in [6.07, 6.45) is -0.564. The molecule has 0 unspecified atom stereocenters. The summed E-state index contributed by atoms with van der Waals surface area (Å²) in [5.41, 5.74) is 0.913. The number of Topliss-reactive ketones (excluding diaryl/α,β-unsaturated/α-hetero) is 1. The maximum absolute atomic E-state index is 11.4. The van der Waals surface area contributed by atoms with Crippen molar-refractivity contribution in [3.63, 3.8) is 0 Å². The molecule has 92 valence electrons. The van der Waals surface area contributed by atoms with Gasteiger partial charge >= 0.3 is 6.09 Å². The van der Waals surface area contributed by atoms with Crippen molar-refractivity contribution < 1.29 is 14.3 Å². The van der Waals surface area contributed by atoms with Crippen LogP contribution in [0.4, 0.5) is 4.79 Å². The Kier molecular flexibility index (Phi) is 5.96. The topological polar surface area (TPSA) is 55.4 Å². The first-order chi connectivity index (χ1) is 8.13. The molecular weight excluding hydrogens is 333 g/mol. The molecule has 0 aliphatic rings. The average Bonchev–Trinajstić information content (AvgIpc) is 2.34. The largest absolute Gasteiger partial charge is 0.445 e. The number of rotatable bonds is 5. The summed E-state index contributed by atoms with van der Waals surface area (Å²) in [5.74, 6) is -0.0731. The highest BCUT2D eigenvalue weighted by Crippen LogP contribution is 2.01. The van der Waals surface area contributed by atoms with Crippen LogP contribution in [0.15, 0.2) is 30.3 Å². The maximum Gasteiger partial charge on any atom is 0.408 e. The van der Waals surface area contributed by atoms with Crippen molar-refractivity contribution in [1.29, 1.82) is 0 Å². The Morgan fingerprint density at radius 2 is 2.00 bits per heavy atom. The number of nitrogens with one attached hydrogen (secondary N) is 1. The van der Waals surface area contributed by atoms with E-state index in [4.69, 9.17) is 4.74 Å². The first kappa shape index (κ1) is 14.0. The molecule has 0 saturated heterocycles. The zero-order valence-electron chi connectivity index (χ0n) is 9.48. The van der Waals surface area contributed by atoms with Crippen LogP contribution in [0.3, 0.4) is 0 Å². The van der Waals surface area contributed by atoms with E-state index in [1.165, 1.54) is 6.92 Å². The summed E-state index contributed by atoms with van der Waals surface area (Å²) in [4.78, 5) is 22.5. The van der Waals surface area contributed by atoms with Gasteiger partial charge in [-0.1, -0.05) is 52.9 Å². The second-order valence-electron chi connectivity index (χ2n) is 3.52. The van der Waals surface area contributed by atoms with Crippen molar-refractivity contribution >= 4 is 34.5 Å². The smallest absolute Gasteiger partial charge is 0.408 e. The molecule has 0 radical (unpaired) electrons. The summed E-state index contributed by atoms with van der Waals surface area (Å²) >= 11 is 2.05. The lowest BCUT2D eigenvalue weighted by Crippen LogP contribution is -2.41. The van der Waals surface area contributed by atoms with Gasteiger partial charge in [0.25, 0.3) is 0 Å². The van der Waals surface area contributed by atoms with Gasteiger partial charge in [0.05, 0.1) is 6.04 Å². The monoisotopic (exact) mass is 347 g/mol. The van der Waals surface area contributed by atoms with Crippen LogP contribution in [0.2, 0.25) is 0 Å². The van der Waals surface area contributed by atoms with Crippen molar-refractivity contribution in [2.75, 3.05) is 4.43 Å². The molecule has 0 aromatic heterocycles. The SMILES string of the molecule is CC(=O)[C@H](CI)NC(=O)OCc1ccccc1. The van der Waals surface area contributed by atoms with Crippen LogP contribution in [0.1, 0.15) is 12.5 Å². The van der Waals surface area contributed by atoms with Crippen LogP contribution < -0.4 is 5.32 Å². The van der Waals surface area contributed by atoms with E-state index in [0.29, 0.717) is 4.43 Å². The number of alkyl halides is 1. The Morgan fingerprint density at radius 3 is 2.53 bits per heavy atom. The quantitative estimate of drug-likeness (QED) is 0.657. The molecule has 4 nitrogen and oxygen atoms in total. The Bertz CT molecular complexity index is 381. The van der Waals surface area contributed by atoms with E-state index in [0.717, 1.165) is 5.56 Å². The van der Waals surface area contributed by atoms with Crippen LogP contribution in [-0.4, -0.2) is 22.3 Å². The summed E-state index contributed by atoms with van der Waals surface area (Å²) < 4.78 is 5.54. The number of halogens is 1. The van der Waals surface area contributed by atoms with Crippen LogP contribution in [0.25, 0.3) is 0 Å². The zero-order chi connectivity index (χ0) is 12.7. The van der Waals surface area contributed by atoms with Gasteiger partial charge in [-0.3, -0.25) is 4.79 Å². The number of carbonyl (C=O) groups excluding carboxylic acids is 2. The molecule has 0 saturated carbocycles. The average molecular weight is 347 g/mol. The second-order valence-corrected chi connectivity index (χ2v) is 4.40. The molecular formula is C12H14INO3. The molecule has 0 bridgehead atoms. The van der Waals surface area contributed by atoms with Crippen molar-refractivity contribution in [2.45, 2.75) is 19.6 Å². The zero-order valence-corrected chi connectivity index (χ0v) is 11.6. The highest BCUT2D eigenvalue weighted by atomic mass is 127. The second kappa shape index (κ2) is 7.26. The third kappa shape index (κ3) is 5.16. The minimum atomic E-state index is -0.564. The van der Waals surface area contributed by atoms with E-state index in [1.807, 2.05) is 52.9 Å². The predicted molar refractivity (Wildman–Crippen MR) is 73.1 cm³/mol. The Morgan fingerprint density at radius 1 is 1.35 bits per heavy atom. The standard InChI is InChI=1S/C12H14INO3/c1-9(15)11(7-13)14-12(16)17-8-10-5-3-2-4-6-10/h2-6,11H,7-8H2,1H3,(H,14,16)/t11-/m0/s1. The number of amides is 1. The van der Waals surface area contributed by atoms with Crippen LogP contribution >= 0.6 is 22.6 Å². The molecule has 0 aliphatic heterocycles. The van der Waals surface area contributed by atoms with E-state index in [2.05, 4.69) is 5.32 Å². The van der Waals surface area contributed by atoms with Gasteiger partial charge in [-0.2, -0.15) is 0 Å². The minimum Gasteiger partial charge on any atom is -0.445 e. The van der Waals surface area contributed by atoms with E-state index >= 15 is 0 Å². The third-order valence-electron chi connectivity index (χ3n) is 2.15. The van der Waals surface area contributed by atoms with Crippen molar-refractivity contribution in [3.05, 3.63) is 35.9 Å². The molecule has 0 spiro atoms. The van der Waals surface area contributed by atoms with E-state index in [1.54, 1.807) is 0 Å². The fourth-order valence-corrected chi connectivity index (χ4v) is 2.00. The lowest BCUT2D eigenvalue weighted by molar-refractivity contribution is -0.118. The van der Waals surface area contributed by atoms with Gasteiger partial charge in [-0.05, 0) is 12.5 Å². The van der Waals surface area contributed by atoms with Gasteiger partial charge in [0.1, 0.15) is 6.61 Å². The minimum absolute atomic E-state index is 0.0731.